The summed E-state index contributed by atoms with van der Waals surface area (Å²) < 4.78 is 0. The van der Waals surface area contributed by atoms with E-state index >= 15 is 0 Å². The van der Waals surface area contributed by atoms with Crippen molar-refractivity contribution in [2.45, 2.75) is 6.42 Å². The van der Waals surface area contributed by atoms with Gasteiger partial charge in [-0.25, -0.2) is 0 Å². The smallest absolute Gasteiger partial charge is 0.255 e. The van der Waals surface area contributed by atoms with Crippen molar-refractivity contribution in [3.8, 4) is 11.5 Å². The van der Waals surface area contributed by atoms with Crippen molar-refractivity contribution < 1.29 is 15.0 Å². The molecule has 2 aromatic rings. The Morgan fingerprint density at radius 2 is 1.65 bits per heavy atom. The highest BCUT2D eigenvalue weighted by molar-refractivity contribution is 9.09. The predicted octanol–water partition coefficient (Wildman–Crippen LogP) is 3.29. The van der Waals surface area contributed by atoms with Crippen LogP contribution in [-0.4, -0.2) is 21.5 Å². The Bertz CT molecular complexity index is 591. The number of carbonyl (C=O) groups excluding carboxylic acids is 1. The van der Waals surface area contributed by atoms with Gasteiger partial charge in [0.25, 0.3) is 5.91 Å². The van der Waals surface area contributed by atoms with Crippen LogP contribution >= 0.6 is 15.9 Å². The van der Waals surface area contributed by atoms with Crippen molar-refractivity contribution in [2.24, 2.45) is 0 Å². The number of halogens is 1. The Morgan fingerprint density at radius 3 is 2.20 bits per heavy atom. The van der Waals surface area contributed by atoms with Crippen molar-refractivity contribution in [1.82, 2.24) is 0 Å². The molecule has 0 bridgehead atoms. The number of carbonyl (C=O) groups is 1. The zero-order chi connectivity index (χ0) is 14.5. The normalized spacial score (nSPS) is 10.2. The lowest BCUT2D eigenvalue weighted by Crippen LogP contribution is -2.11. The third-order valence-corrected chi connectivity index (χ3v) is 3.16. The summed E-state index contributed by atoms with van der Waals surface area (Å²) in [5, 5.41) is 22.3. The first kappa shape index (κ1) is 14.4. The summed E-state index contributed by atoms with van der Waals surface area (Å²) in [5.41, 5.74) is 2.04. The van der Waals surface area contributed by atoms with Crippen LogP contribution in [0.15, 0.2) is 42.5 Å². The third kappa shape index (κ3) is 3.74. The number of hydrogen-bond acceptors (Lipinski definition) is 3. The van der Waals surface area contributed by atoms with Crippen LogP contribution < -0.4 is 5.32 Å². The van der Waals surface area contributed by atoms with Gasteiger partial charge in [0.2, 0.25) is 0 Å². The highest BCUT2D eigenvalue weighted by Gasteiger charge is 2.08. The molecule has 3 N–H and O–H groups in total. The molecule has 0 aliphatic heterocycles. The SMILES string of the molecule is O=C(Nc1ccc(CCBr)cc1)c1cc(O)cc(O)c1. The number of benzene rings is 2. The second-order valence-corrected chi connectivity index (χ2v) is 5.12. The van der Waals surface area contributed by atoms with Crippen LogP contribution in [0.1, 0.15) is 15.9 Å². The molecule has 104 valence electrons. The van der Waals surface area contributed by atoms with Gasteiger partial charge in [0, 0.05) is 22.6 Å². The number of aryl methyl sites for hydroxylation is 1. The van der Waals surface area contributed by atoms with E-state index in [1.54, 1.807) is 0 Å². The lowest BCUT2D eigenvalue weighted by molar-refractivity contribution is 0.102. The molecule has 0 aliphatic carbocycles. The molecular weight excluding hydrogens is 322 g/mol. The summed E-state index contributed by atoms with van der Waals surface area (Å²) in [6.07, 6.45) is 0.925. The molecule has 20 heavy (non-hydrogen) atoms. The Labute approximate surface area is 125 Å². The largest absolute Gasteiger partial charge is 0.508 e. The van der Waals surface area contributed by atoms with Crippen LogP contribution in [0.3, 0.4) is 0 Å². The molecular formula is C15H14BrNO3. The molecule has 5 heteroatoms. The number of nitrogens with one attached hydrogen (secondary N) is 1. The maximum Gasteiger partial charge on any atom is 0.255 e. The molecule has 0 unspecified atom stereocenters. The van der Waals surface area contributed by atoms with Crippen molar-refractivity contribution in [3.05, 3.63) is 53.6 Å². The van der Waals surface area contributed by atoms with E-state index in [0.717, 1.165) is 11.8 Å². The van der Waals surface area contributed by atoms with E-state index in [0.29, 0.717) is 5.69 Å². The highest BCUT2D eigenvalue weighted by atomic mass is 79.9. The molecule has 0 radical (unpaired) electrons. The van der Waals surface area contributed by atoms with Crippen LogP contribution in [0.5, 0.6) is 11.5 Å². The fraction of sp³-hybridized carbons (Fsp3) is 0.133. The van der Waals surface area contributed by atoms with Crippen LogP contribution in [0.25, 0.3) is 0 Å². The van der Waals surface area contributed by atoms with E-state index in [2.05, 4.69) is 21.2 Å². The lowest BCUT2D eigenvalue weighted by atomic mass is 10.1. The van der Waals surface area contributed by atoms with Gasteiger partial charge in [-0.3, -0.25) is 4.79 Å². The molecule has 0 atom stereocenters. The van der Waals surface area contributed by atoms with Crippen LogP contribution in [0.4, 0.5) is 5.69 Å². The maximum atomic E-state index is 12.0. The lowest BCUT2D eigenvalue weighted by Gasteiger charge is -2.07. The minimum Gasteiger partial charge on any atom is -0.508 e. The number of hydrogen-bond donors (Lipinski definition) is 3. The monoisotopic (exact) mass is 335 g/mol. The second-order valence-electron chi connectivity index (χ2n) is 4.33. The van der Waals surface area contributed by atoms with Gasteiger partial charge in [-0.2, -0.15) is 0 Å². The zero-order valence-electron chi connectivity index (χ0n) is 10.6. The maximum absolute atomic E-state index is 12.0. The number of phenolic OH excluding ortho intramolecular Hbond substituents is 2. The number of anilines is 1. The number of phenols is 2. The Morgan fingerprint density at radius 1 is 1.05 bits per heavy atom. The number of aromatic hydroxyl groups is 2. The average Bonchev–Trinajstić information content (AvgIpc) is 2.40. The highest BCUT2D eigenvalue weighted by Crippen LogP contribution is 2.21. The van der Waals surface area contributed by atoms with E-state index in [4.69, 9.17) is 0 Å². The molecule has 0 saturated carbocycles. The quantitative estimate of drug-likeness (QED) is 0.751. The molecule has 0 fully saturated rings. The summed E-state index contributed by atoms with van der Waals surface area (Å²) in [7, 11) is 0. The van der Waals surface area contributed by atoms with E-state index in [-0.39, 0.29) is 23.0 Å². The first-order chi connectivity index (χ1) is 9.58. The van der Waals surface area contributed by atoms with E-state index in [1.165, 1.54) is 23.8 Å². The molecule has 2 aromatic carbocycles. The summed E-state index contributed by atoms with van der Waals surface area (Å²) in [6.45, 7) is 0. The number of amides is 1. The molecule has 4 nitrogen and oxygen atoms in total. The van der Waals surface area contributed by atoms with Gasteiger partial charge >= 0.3 is 0 Å². The van der Waals surface area contributed by atoms with Gasteiger partial charge in [0.1, 0.15) is 11.5 Å². The predicted molar refractivity (Wildman–Crippen MR) is 81.7 cm³/mol. The first-order valence-corrected chi connectivity index (χ1v) is 7.20. The van der Waals surface area contributed by atoms with Crippen LogP contribution in [0, 0.1) is 0 Å². The van der Waals surface area contributed by atoms with Crippen molar-refractivity contribution in [2.75, 3.05) is 10.6 Å². The van der Waals surface area contributed by atoms with E-state index in [9.17, 15) is 15.0 Å². The van der Waals surface area contributed by atoms with Crippen molar-refractivity contribution in [3.63, 3.8) is 0 Å². The fourth-order valence-corrected chi connectivity index (χ4v) is 2.25. The van der Waals surface area contributed by atoms with Crippen LogP contribution in [0.2, 0.25) is 0 Å². The van der Waals surface area contributed by atoms with E-state index in [1.807, 2.05) is 24.3 Å². The topological polar surface area (TPSA) is 69.6 Å². The fourth-order valence-electron chi connectivity index (χ4n) is 1.79. The number of alkyl halides is 1. The zero-order valence-corrected chi connectivity index (χ0v) is 12.2. The molecule has 0 spiro atoms. The second kappa shape index (κ2) is 6.43. The van der Waals surface area contributed by atoms with Crippen LogP contribution in [-0.2, 0) is 6.42 Å². The Balaban J connectivity index is 2.10. The average molecular weight is 336 g/mol. The molecule has 0 heterocycles. The van der Waals surface area contributed by atoms with E-state index < -0.39 is 0 Å². The van der Waals surface area contributed by atoms with Gasteiger partial charge in [-0.05, 0) is 36.2 Å². The third-order valence-electron chi connectivity index (χ3n) is 2.76. The van der Waals surface area contributed by atoms with Gasteiger partial charge in [-0.1, -0.05) is 28.1 Å². The van der Waals surface area contributed by atoms with Gasteiger partial charge < -0.3 is 15.5 Å². The summed E-state index contributed by atoms with van der Waals surface area (Å²) in [6, 6.07) is 11.3. The van der Waals surface area contributed by atoms with Crippen molar-refractivity contribution >= 4 is 27.5 Å². The standard InChI is InChI=1S/C15H14BrNO3/c16-6-5-10-1-3-12(4-2-10)17-15(20)11-7-13(18)9-14(19)8-11/h1-4,7-9,18-19H,5-6H2,(H,17,20). The minimum atomic E-state index is -0.385. The summed E-state index contributed by atoms with van der Waals surface area (Å²) in [4.78, 5) is 12.0. The van der Waals surface area contributed by atoms with Crippen molar-refractivity contribution in [1.29, 1.82) is 0 Å². The number of rotatable bonds is 4. The summed E-state index contributed by atoms with van der Waals surface area (Å²) >= 11 is 3.37. The first-order valence-electron chi connectivity index (χ1n) is 6.08. The summed E-state index contributed by atoms with van der Waals surface area (Å²) in [5.74, 6) is -0.685. The van der Waals surface area contributed by atoms with Gasteiger partial charge in [0.15, 0.2) is 0 Å². The Hall–Kier alpha value is -2.01. The Kier molecular flexibility index (Phi) is 4.63. The molecule has 0 aliphatic rings. The van der Waals surface area contributed by atoms with Gasteiger partial charge in [0.05, 0.1) is 0 Å². The molecule has 2 rings (SSSR count). The molecule has 0 saturated heterocycles. The molecule has 1 amide bonds. The molecule has 0 aromatic heterocycles. The van der Waals surface area contributed by atoms with Gasteiger partial charge in [-0.15, -0.1) is 0 Å². The minimum absolute atomic E-state index is 0.150.